The fourth-order valence-electron chi connectivity index (χ4n) is 3.71. The van der Waals surface area contributed by atoms with Gasteiger partial charge in [-0.05, 0) is 38.1 Å². The van der Waals surface area contributed by atoms with Gasteiger partial charge in [0.1, 0.15) is 5.92 Å². The van der Waals surface area contributed by atoms with Crippen molar-refractivity contribution < 1.29 is 19.2 Å². The van der Waals surface area contributed by atoms with Crippen LogP contribution in [0.15, 0.2) is 42.5 Å². The highest BCUT2D eigenvalue weighted by Crippen LogP contribution is 2.23. The van der Waals surface area contributed by atoms with E-state index in [1.165, 1.54) is 0 Å². The first-order chi connectivity index (χ1) is 12.6. The minimum atomic E-state index is -0.216. The van der Waals surface area contributed by atoms with Crippen LogP contribution in [0, 0.1) is 5.92 Å². The third kappa shape index (κ3) is 4.05. The first kappa shape index (κ1) is 18.4. The molecule has 0 bridgehead atoms. The summed E-state index contributed by atoms with van der Waals surface area (Å²) in [7, 11) is 0. The lowest BCUT2D eigenvalue weighted by molar-refractivity contribution is -0.921. The molecule has 0 aliphatic carbocycles. The maximum atomic E-state index is 12.8. The average Bonchev–Trinajstić information content (AvgIpc) is 2.68. The number of hydrogen-bond acceptors (Lipinski definition) is 3. The van der Waals surface area contributed by atoms with Crippen molar-refractivity contribution >= 4 is 28.3 Å². The highest BCUT2D eigenvalue weighted by atomic mass is 16.5. The number of quaternary nitrogens is 1. The molecule has 1 aliphatic rings. The molecule has 5 nitrogen and oxygen atoms in total. The number of ether oxygens (including phenoxy) is 1. The van der Waals surface area contributed by atoms with Gasteiger partial charge in [-0.25, -0.2) is 0 Å². The monoisotopic (exact) mass is 355 g/mol. The molecule has 1 amide bonds. The quantitative estimate of drug-likeness (QED) is 0.807. The van der Waals surface area contributed by atoms with Crippen LogP contribution >= 0.6 is 0 Å². The van der Waals surface area contributed by atoms with Crippen molar-refractivity contribution in [2.24, 2.45) is 5.92 Å². The summed E-state index contributed by atoms with van der Waals surface area (Å²) >= 11 is 0. The summed E-state index contributed by atoms with van der Waals surface area (Å²) < 4.78 is 5.16. The second kappa shape index (κ2) is 8.32. The highest BCUT2D eigenvalue weighted by Gasteiger charge is 2.34. The molecule has 26 heavy (non-hydrogen) atoms. The second-order valence-corrected chi connectivity index (χ2v) is 6.94. The predicted molar refractivity (Wildman–Crippen MR) is 102 cm³/mol. The molecule has 1 heterocycles. The van der Waals surface area contributed by atoms with Gasteiger partial charge in [0, 0.05) is 11.1 Å². The summed E-state index contributed by atoms with van der Waals surface area (Å²) in [6.45, 7) is 5.72. The predicted octanol–water partition coefficient (Wildman–Crippen LogP) is 2.02. The molecule has 5 heteroatoms. The molecular weight excluding hydrogens is 328 g/mol. The van der Waals surface area contributed by atoms with Gasteiger partial charge in [0.25, 0.3) is 5.91 Å². The number of likely N-dealkylation sites (tertiary alicyclic amines) is 1. The molecule has 1 unspecified atom stereocenters. The zero-order valence-electron chi connectivity index (χ0n) is 15.5. The Morgan fingerprint density at radius 3 is 2.81 bits per heavy atom. The number of nitrogens with one attached hydrogen (secondary N) is 2. The third-order valence-corrected chi connectivity index (χ3v) is 5.23. The molecular formula is C21H27N2O3+. The lowest BCUT2D eigenvalue weighted by Crippen LogP contribution is -3.18. The number of carbonyl (C=O) groups is 2. The zero-order valence-corrected chi connectivity index (χ0v) is 15.5. The number of fused-ring (bicyclic) bond motifs is 1. The molecule has 3 rings (SSSR count). The summed E-state index contributed by atoms with van der Waals surface area (Å²) in [6, 6.07) is 13.7. The summed E-state index contributed by atoms with van der Waals surface area (Å²) in [4.78, 5) is 26.0. The van der Waals surface area contributed by atoms with E-state index in [1.54, 1.807) is 0 Å². The van der Waals surface area contributed by atoms with Crippen molar-refractivity contribution in [3.05, 3.63) is 42.5 Å². The number of amides is 1. The number of rotatable bonds is 5. The van der Waals surface area contributed by atoms with Crippen molar-refractivity contribution in [2.75, 3.05) is 25.0 Å². The number of esters is 1. The molecule has 2 aromatic carbocycles. The van der Waals surface area contributed by atoms with E-state index in [9.17, 15) is 9.59 Å². The molecule has 2 N–H and O–H groups in total. The smallest absolute Gasteiger partial charge is 0.314 e. The zero-order chi connectivity index (χ0) is 18.5. The van der Waals surface area contributed by atoms with Crippen molar-refractivity contribution in [2.45, 2.75) is 32.7 Å². The van der Waals surface area contributed by atoms with Gasteiger partial charge in [0.05, 0.1) is 19.7 Å². The number of carbonyl (C=O) groups excluding carboxylic acids is 2. The average molecular weight is 355 g/mol. The van der Waals surface area contributed by atoms with Crippen LogP contribution in [0.3, 0.4) is 0 Å². The molecule has 1 fully saturated rings. The SMILES string of the molecule is CCOC(=O)[C@H]1CCC[NH+]([C@@H](C)C(=O)Nc2cccc3ccccc23)C1. The second-order valence-electron chi connectivity index (χ2n) is 6.94. The van der Waals surface area contributed by atoms with Crippen LogP contribution in [0.5, 0.6) is 0 Å². The molecule has 1 saturated heterocycles. The lowest BCUT2D eigenvalue weighted by atomic mass is 9.97. The molecule has 2 aromatic rings. The van der Waals surface area contributed by atoms with E-state index in [1.807, 2.05) is 56.3 Å². The number of anilines is 1. The van der Waals surface area contributed by atoms with Crippen LogP contribution in [0.2, 0.25) is 0 Å². The van der Waals surface area contributed by atoms with E-state index in [0.717, 1.165) is 40.7 Å². The Balaban J connectivity index is 1.68. The van der Waals surface area contributed by atoms with E-state index < -0.39 is 0 Å². The van der Waals surface area contributed by atoms with Gasteiger partial charge in [-0.2, -0.15) is 0 Å². The summed E-state index contributed by atoms with van der Waals surface area (Å²) in [6.07, 6.45) is 1.78. The van der Waals surface area contributed by atoms with Gasteiger partial charge in [-0.15, -0.1) is 0 Å². The van der Waals surface area contributed by atoms with Crippen LogP contribution < -0.4 is 10.2 Å². The van der Waals surface area contributed by atoms with E-state index in [4.69, 9.17) is 4.74 Å². The largest absolute Gasteiger partial charge is 0.466 e. The van der Waals surface area contributed by atoms with Gasteiger partial charge in [0.2, 0.25) is 0 Å². The molecule has 0 radical (unpaired) electrons. The third-order valence-electron chi connectivity index (χ3n) is 5.23. The van der Waals surface area contributed by atoms with Gasteiger partial charge >= 0.3 is 5.97 Å². The molecule has 1 aliphatic heterocycles. The summed E-state index contributed by atoms with van der Waals surface area (Å²) in [5.41, 5.74) is 0.832. The normalized spacial score (nSPS) is 21.2. The van der Waals surface area contributed by atoms with E-state index in [-0.39, 0.29) is 23.8 Å². The molecule has 0 spiro atoms. The van der Waals surface area contributed by atoms with E-state index >= 15 is 0 Å². The fourth-order valence-corrected chi connectivity index (χ4v) is 3.71. The number of piperidine rings is 1. The van der Waals surface area contributed by atoms with Crippen LogP contribution in [-0.4, -0.2) is 37.6 Å². The van der Waals surface area contributed by atoms with Crippen LogP contribution in [-0.2, 0) is 14.3 Å². The highest BCUT2D eigenvalue weighted by molar-refractivity contribution is 6.03. The first-order valence-electron chi connectivity index (χ1n) is 9.40. The number of hydrogen-bond donors (Lipinski definition) is 2. The maximum absolute atomic E-state index is 12.8. The topological polar surface area (TPSA) is 59.8 Å². The van der Waals surface area contributed by atoms with Gasteiger partial charge < -0.3 is 15.0 Å². The first-order valence-corrected chi connectivity index (χ1v) is 9.40. The Labute approximate surface area is 154 Å². The van der Waals surface area contributed by atoms with E-state index in [0.29, 0.717) is 13.2 Å². The maximum Gasteiger partial charge on any atom is 0.314 e. The Morgan fingerprint density at radius 2 is 2.00 bits per heavy atom. The van der Waals surface area contributed by atoms with E-state index in [2.05, 4.69) is 5.32 Å². The molecule has 3 atom stereocenters. The van der Waals surface area contributed by atoms with Crippen molar-refractivity contribution in [1.82, 2.24) is 0 Å². The fraction of sp³-hybridized carbons (Fsp3) is 0.429. The van der Waals surface area contributed by atoms with Crippen LogP contribution in [0.4, 0.5) is 5.69 Å². The molecule has 0 aromatic heterocycles. The lowest BCUT2D eigenvalue weighted by Gasteiger charge is -2.32. The van der Waals surface area contributed by atoms with Crippen LogP contribution in [0.1, 0.15) is 26.7 Å². The molecule has 0 saturated carbocycles. The van der Waals surface area contributed by atoms with Gasteiger partial charge in [-0.3, -0.25) is 9.59 Å². The summed E-state index contributed by atoms with van der Waals surface area (Å²) in [5.74, 6) is -0.251. The van der Waals surface area contributed by atoms with Crippen LogP contribution in [0.25, 0.3) is 10.8 Å². The van der Waals surface area contributed by atoms with Crippen molar-refractivity contribution in [3.63, 3.8) is 0 Å². The Morgan fingerprint density at radius 1 is 1.23 bits per heavy atom. The molecule has 138 valence electrons. The number of benzene rings is 2. The minimum Gasteiger partial charge on any atom is -0.466 e. The Bertz CT molecular complexity index is 784. The standard InChI is InChI=1S/C21H26N2O3/c1-3-26-21(25)17-10-7-13-23(14-17)15(2)20(24)22-19-12-6-9-16-8-4-5-11-18(16)19/h4-6,8-9,11-12,15,17H,3,7,10,13-14H2,1-2H3,(H,22,24)/p+1/t15-,17-/m0/s1. The van der Waals surface area contributed by atoms with Gasteiger partial charge in [-0.1, -0.05) is 36.4 Å². The van der Waals surface area contributed by atoms with Gasteiger partial charge in [0.15, 0.2) is 6.04 Å². The van der Waals surface area contributed by atoms with Crippen molar-refractivity contribution in [1.29, 1.82) is 0 Å². The van der Waals surface area contributed by atoms with Crippen molar-refractivity contribution in [3.8, 4) is 0 Å². The summed E-state index contributed by atoms with van der Waals surface area (Å²) in [5, 5.41) is 5.21. The minimum absolute atomic E-state index is 0.0131. The Hall–Kier alpha value is -2.40. The Kier molecular flexibility index (Phi) is 5.89.